The number of nitrogens with one attached hydrogen (secondary N) is 1. The van der Waals surface area contributed by atoms with Gasteiger partial charge in [0.25, 0.3) is 0 Å². The van der Waals surface area contributed by atoms with Crippen LogP contribution in [0.4, 0.5) is 0 Å². The van der Waals surface area contributed by atoms with Crippen molar-refractivity contribution in [2.24, 2.45) is 5.92 Å². The van der Waals surface area contributed by atoms with Crippen LogP contribution in [0.5, 0.6) is 0 Å². The van der Waals surface area contributed by atoms with E-state index in [2.05, 4.69) is 31.0 Å². The molecule has 0 saturated carbocycles. The van der Waals surface area contributed by atoms with E-state index in [4.69, 9.17) is 0 Å². The van der Waals surface area contributed by atoms with Crippen LogP contribution in [0.1, 0.15) is 52.9 Å². The Bertz CT molecular complexity index is 211. The van der Waals surface area contributed by atoms with Crippen molar-refractivity contribution >= 4 is 0 Å². The summed E-state index contributed by atoms with van der Waals surface area (Å²) in [7, 11) is 0. The molecule has 2 rings (SSSR count). The summed E-state index contributed by atoms with van der Waals surface area (Å²) >= 11 is 0. The summed E-state index contributed by atoms with van der Waals surface area (Å²) in [5.74, 6) is 0.775. The zero-order chi connectivity index (χ0) is 11.6. The first-order valence-electron chi connectivity index (χ1n) is 7.13. The number of likely N-dealkylation sites (tertiary alicyclic amines) is 1. The molecule has 0 aliphatic carbocycles. The molecule has 94 valence electrons. The second-order valence-electron chi connectivity index (χ2n) is 6.14. The van der Waals surface area contributed by atoms with Crippen molar-refractivity contribution in [3.05, 3.63) is 0 Å². The molecule has 0 aromatic carbocycles. The molecule has 0 aromatic rings. The minimum atomic E-state index is 0.500. The molecule has 2 heteroatoms. The molecule has 16 heavy (non-hydrogen) atoms. The molecule has 1 N–H and O–H groups in total. The lowest BCUT2D eigenvalue weighted by atomic mass is 9.78. The second kappa shape index (κ2) is 5.05. The molecule has 2 fully saturated rings. The van der Waals surface area contributed by atoms with E-state index in [0.717, 1.165) is 12.0 Å². The van der Waals surface area contributed by atoms with Gasteiger partial charge < -0.3 is 5.32 Å². The average Bonchev–Trinajstić information content (AvgIpc) is 2.30. The van der Waals surface area contributed by atoms with Crippen molar-refractivity contribution in [2.45, 2.75) is 64.5 Å². The van der Waals surface area contributed by atoms with E-state index in [1.54, 1.807) is 0 Å². The third-order valence-corrected chi connectivity index (χ3v) is 4.81. The van der Waals surface area contributed by atoms with Crippen molar-refractivity contribution < 1.29 is 0 Å². The summed E-state index contributed by atoms with van der Waals surface area (Å²) in [5, 5.41) is 3.63. The fourth-order valence-electron chi connectivity index (χ4n) is 3.52. The molecule has 0 aromatic heterocycles. The normalized spacial score (nSPS) is 34.5. The summed E-state index contributed by atoms with van der Waals surface area (Å²) in [6.07, 6.45) is 7.03. The molecule has 2 nitrogen and oxygen atoms in total. The highest BCUT2D eigenvalue weighted by atomic mass is 15.3. The topological polar surface area (TPSA) is 15.3 Å². The van der Waals surface area contributed by atoms with Crippen molar-refractivity contribution in [1.29, 1.82) is 0 Å². The van der Waals surface area contributed by atoms with E-state index in [1.807, 2.05) is 0 Å². The molecule has 0 amide bonds. The highest BCUT2D eigenvalue weighted by molar-refractivity contribution is 4.99. The Kier molecular flexibility index (Phi) is 3.91. The van der Waals surface area contributed by atoms with Crippen LogP contribution in [-0.4, -0.2) is 36.1 Å². The smallest absolute Gasteiger partial charge is 0.0337 e. The summed E-state index contributed by atoms with van der Waals surface area (Å²) in [6.45, 7) is 10.9. The maximum absolute atomic E-state index is 3.63. The predicted octanol–water partition coefficient (Wildman–Crippen LogP) is 2.64. The van der Waals surface area contributed by atoms with Gasteiger partial charge in [-0.05, 0) is 51.6 Å². The zero-order valence-corrected chi connectivity index (χ0v) is 11.3. The fourth-order valence-corrected chi connectivity index (χ4v) is 3.52. The molecular weight excluding hydrogens is 196 g/mol. The van der Waals surface area contributed by atoms with Gasteiger partial charge in [-0.25, -0.2) is 0 Å². The number of hydrogen-bond acceptors (Lipinski definition) is 2. The maximum Gasteiger partial charge on any atom is 0.0337 e. The molecule has 2 aliphatic heterocycles. The Morgan fingerprint density at radius 2 is 1.81 bits per heavy atom. The van der Waals surface area contributed by atoms with E-state index >= 15 is 0 Å². The van der Waals surface area contributed by atoms with Crippen molar-refractivity contribution in [2.75, 3.05) is 19.6 Å². The van der Waals surface area contributed by atoms with Gasteiger partial charge in [0, 0.05) is 18.1 Å². The van der Waals surface area contributed by atoms with Gasteiger partial charge in [0.15, 0.2) is 0 Å². The van der Waals surface area contributed by atoms with E-state index in [0.29, 0.717) is 5.54 Å². The van der Waals surface area contributed by atoms with Crippen LogP contribution >= 0.6 is 0 Å². The van der Waals surface area contributed by atoms with Gasteiger partial charge in [0.2, 0.25) is 0 Å². The highest BCUT2D eigenvalue weighted by Crippen LogP contribution is 2.36. The minimum absolute atomic E-state index is 0.500. The van der Waals surface area contributed by atoms with Gasteiger partial charge in [-0.2, -0.15) is 0 Å². The van der Waals surface area contributed by atoms with Gasteiger partial charge in [-0.3, -0.25) is 4.90 Å². The van der Waals surface area contributed by atoms with Crippen molar-refractivity contribution in [3.63, 3.8) is 0 Å². The first kappa shape index (κ1) is 12.4. The lowest BCUT2D eigenvalue weighted by Gasteiger charge is -2.53. The monoisotopic (exact) mass is 224 g/mol. The number of piperidine rings is 2. The second-order valence-corrected chi connectivity index (χ2v) is 6.14. The van der Waals surface area contributed by atoms with Gasteiger partial charge in [0.05, 0.1) is 0 Å². The van der Waals surface area contributed by atoms with Crippen LogP contribution in [0.2, 0.25) is 0 Å². The van der Waals surface area contributed by atoms with Crippen molar-refractivity contribution in [3.8, 4) is 0 Å². The molecular formula is C14H28N2. The summed E-state index contributed by atoms with van der Waals surface area (Å²) in [6, 6.07) is 0.736. The lowest BCUT2D eigenvalue weighted by molar-refractivity contribution is -0.0177. The first-order valence-corrected chi connectivity index (χ1v) is 7.13. The van der Waals surface area contributed by atoms with Crippen LogP contribution in [0.3, 0.4) is 0 Å². The SMILES string of the molecule is CC(C)C(C)N1CCCCC12CCCNC2. The Morgan fingerprint density at radius 3 is 2.44 bits per heavy atom. The Balaban J connectivity index is 2.12. The number of hydrogen-bond donors (Lipinski definition) is 1. The highest BCUT2D eigenvalue weighted by Gasteiger charge is 2.42. The fraction of sp³-hybridized carbons (Fsp3) is 1.00. The van der Waals surface area contributed by atoms with E-state index < -0.39 is 0 Å². The Morgan fingerprint density at radius 1 is 1.06 bits per heavy atom. The summed E-state index contributed by atoms with van der Waals surface area (Å²) in [4.78, 5) is 2.83. The maximum atomic E-state index is 3.63. The minimum Gasteiger partial charge on any atom is -0.315 e. The van der Waals surface area contributed by atoms with Gasteiger partial charge in [-0.15, -0.1) is 0 Å². The van der Waals surface area contributed by atoms with Crippen LogP contribution in [-0.2, 0) is 0 Å². The molecule has 1 spiro atoms. The third kappa shape index (κ3) is 2.28. The standard InChI is InChI=1S/C14H28N2/c1-12(2)13(3)16-10-5-4-7-14(16)8-6-9-15-11-14/h12-13,15H,4-11H2,1-3H3. The van der Waals surface area contributed by atoms with Gasteiger partial charge >= 0.3 is 0 Å². The first-order chi connectivity index (χ1) is 7.66. The third-order valence-electron chi connectivity index (χ3n) is 4.81. The summed E-state index contributed by atoms with van der Waals surface area (Å²) in [5.41, 5.74) is 0.500. The molecule has 2 heterocycles. The molecule has 2 saturated heterocycles. The van der Waals surface area contributed by atoms with Crippen LogP contribution in [0, 0.1) is 5.92 Å². The van der Waals surface area contributed by atoms with Crippen molar-refractivity contribution in [1.82, 2.24) is 10.2 Å². The van der Waals surface area contributed by atoms with Gasteiger partial charge in [-0.1, -0.05) is 20.3 Å². The molecule has 0 radical (unpaired) electrons. The Hall–Kier alpha value is -0.0800. The van der Waals surface area contributed by atoms with E-state index in [1.165, 1.54) is 51.7 Å². The van der Waals surface area contributed by atoms with E-state index in [9.17, 15) is 0 Å². The van der Waals surface area contributed by atoms with Crippen LogP contribution in [0.15, 0.2) is 0 Å². The summed E-state index contributed by atoms with van der Waals surface area (Å²) < 4.78 is 0. The molecule has 2 unspecified atom stereocenters. The van der Waals surface area contributed by atoms with Gasteiger partial charge in [0.1, 0.15) is 0 Å². The average molecular weight is 224 g/mol. The molecule has 2 aliphatic rings. The van der Waals surface area contributed by atoms with E-state index in [-0.39, 0.29) is 0 Å². The molecule has 0 bridgehead atoms. The predicted molar refractivity (Wildman–Crippen MR) is 69.7 cm³/mol. The van der Waals surface area contributed by atoms with Crippen LogP contribution < -0.4 is 5.32 Å². The lowest BCUT2D eigenvalue weighted by Crippen LogP contribution is -2.63. The molecule has 2 atom stereocenters. The largest absolute Gasteiger partial charge is 0.315 e. The number of rotatable bonds is 2. The van der Waals surface area contributed by atoms with Crippen LogP contribution in [0.25, 0.3) is 0 Å². The zero-order valence-electron chi connectivity index (χ0n) is 11.3. The Labute approximate surface area is 101 Å². The quantitative estimate of drug-likeness (QED) is 0.776. The number of nitrogens with zero attached hydrogens (tertiary/aromatic N) is 1.